The number of nitrogens with one attached hydrogen (secondary N) is 1. The number of aliphatic hydroxyl groups is 2. The zero-order valence-electron chi connectivity index (χ0n) is 43.6. The summed E-state index contributed by atoms with van der Waals surface area (Å²) >= 11 is 0. The maximum atomic E-state index is 12.5. The molecule has 378 valence electrons. The van der Waals surface area contributed by atoms with Crippen molar-refractivity contribution >= 4 is 5.91 Å². The molecule has 0 fully saturated rings. The molecule has 0 aliphatic carbocycles. The van der Waals surface area contributed by atoms with Gasteiger partial charge in [0.25, 0.3) is 0 Å². The van der Waals surface area contributed by atoms with E-state index in [2.05, 4.69) is 55.6 Å². The van der Waals surface area contributed by atoms with Crippen molar-refractivity contribution < 1.29 is 15.0 Å². The molecule has 0 heterocycles. The topological polar surface area (TPSA) is 69.6 Å². The number of allylic oxidation sites excluding steroid dienone is 6. The van der Waals surface area contributed by atoms with Crippen LogP contribution in [0.5, 0.6) is 0 Å². The van der Waals surface area contributed by atoms with Gasteiger partial charge in [-0.1, -0.05) is 301 Å². The monoisotopic (exact) mass is 898 g/mol. The average molecular weight is 899 g/mol. The number of carbonyl (C=O) groups is 1. The quantitative estimate of drug-likeness (QED) is 0.0421. The molecule has 0 saturated carbocycles. The minimum absolute atomic E-state index is 0.0314. The third-order valence-electron chi connectivity index (χ3n) is 13.7. The van der Waals surface area contributed by atoms with Crippen LogP contribution < -0.4 is 5.32 Å². The van der Waals surface area contributed by atoms with Crippen LogP contribution >= 0.6 is 0 Å². The Labute approximate surface area is 402 Å². The Morgan fingerprint density at radius 1 is 0.375 bits per heavy atom. The fourth-order valence-electron chi connectivity index (χ4n) is 9.20. The third kappa shape index (κ3) is 51.6. The van der Waals surface area contributed by atoms with Crippen molar-refractivity contribution in [2.24, 2.45) is 0 Å². The van der Waals surface area contributed by atoms with Gasteiger partial charge in [0, 0.05) is 6.42 Å². The lowest BCUT2D eigenvalue weighted by Gasteiger charge is -2.22. The molecule has 4 nitrogen and oxygen atoms in total. The summed E-state index contributed by atoms with van der Waals surface area (Å²) in [5, 5.41) is 23.4. The zero-order valence-corrected chi connectivity index (χ0v) is 43.6. The van der Waals surface area contributed by atoms with Gasteiger partial charge in [-0.15, -0.1) is 0 Å². The van der Waals surface area contributed by atoms with Crippen molar-refractivity contribution in [3.8, 4) is 0 Å². The number of hydrogen-bond donors (Lipinski definition) is 3. The fourth-order valence-corrected chi connectivity index (χ4v) is 9.20. The van der Waals surface area contributed by atoms with Crippen molar-refractivity contribution in [1.29, 1.82) is 0 Å². The van der Waals surface area contributed by atoms with Gasteiger partial charge >= 0.3 is 0 Å². The van der Waals surface area contributed by atoms with Crippen molar-refractivity contribution in [2.45, 2.75) is 334 Å². The van der Waals surface area contributed by atoms with E-state index in [-0.39, 0.29) is 12.5 Å². The van der Waals surface area contributed by atoms with Crippen LogP contribution in [0.1, 0.15) is 322 Å². The fraction of sp³-hybridized carbons (Fsp3) is 0.883. The molecule has 2 unspecified atom stereocenters. The predicted octanol–water partition coefficient (Wildman–Crippen LogP) is 19.3. The Morgan fingerprint density at radius 2 is 0.641 bits per heavy atom. The molecule has 0 bridgehead atoms. The highest BCUT2D eigenvalue weighted by molar-refractivity contribution is 5.76. The molecule has 0 radical (unpaired) electrons. The largest absolute Gasteiger partial charge is 0.394 e. The van der Waals surface area contributed by atoms with E-state index >= 15 is 0 Å². The van der Waals surface area contributed by atoms with E-state index in [0.717, 1.165) is 38.5 Å². The summed E-state index contributed by atoms with van der Waals surface area (Å²) in [5.74, 6) is -0.0314. The number of aliphatic hydroxyl groups excluding tert-OH is 2. The van der Waals surface area contributed by atoms with Crippen LogP contribution in [0.3, 0.4) is 0 Å². The highest BCUT2D eigenvalue weighted by Gasteiger charge is 2.20. The molecule has 0 aliphatic rings. The van der Waals surface area contributed by atoms with Gasteiger partial charge < -0.3 is 15.5 Å². The van der Waals surface area contributed by atoms with Crippen molar-refractivity contribution in [3.05, 3.63) is 36.5 Å². The van der Waals surface area contributed by atoms with Crippen LogP contribution in [0, 0.1) is 0 Å². The number of amides is 1. The summed E-state index contributed by atoms with van der Waals surface area (Å²) in [6.07, 6.45) is 75.7. The van der Waals surface area contributed by atoms with Crippen molar-refractivity contribution in [1.82, 2.24) is 5.32 Å². The van der Waals surface area contributed by atoms with Gasteiger partial charge in [-0.25, -0.2) is 0 Å². The summed E-state index contributed by atoms with van der Waals surface area (Å²) < 4.78 is 0. The standard InChI is InChI=1S/C60H115NO3/c1-3-5-7-9-11-13-15-17-19-21-23-25-27-29-30-32-33-35-37-39-41-43-45-47-49-51-53-55-59(63)58(57-62)61-60(64)56-54-52-50-48-46-44-42-40-38-36-34-31-28-26-24-22-20-18-16-14-12-10-8-6-4-2/h16,18,22,24,28,31,58-59,62-63H,3-15,17,19-21,23,25-27,29-30,32-57H2,1-2H3,(H,61,64)/b18-16-,24-22-,31-28-. The van der Waals surface area contributed by atoms with Crippen LogP contribution in [-0.4, -0.2) is 34.9 Å². The Morgan fingerprint density at radius 3 is 0.953 bits per heavy atom. The summed E-state index contributed by atoms with van der Waals surface area (Å²) in [4.78, 5) is 12.5. The molecular weight excluding hydrogens is 783 g/mol. The normalized spacial score (nSPS) is 13.0. The maximum Gasteiger partial charge on any atom is 0.220 e. The summed E-state index contributed by atoms with van der Waals surface area (Å²) in [7, 11) is 0. The van der Waals surface area contributed by atoms with Gasteiger partial charge in [0.05, 0.1) is 18.8 Å². The Kier molecular flexibility index (Phi) is 54.7. The van der Waals surface area contributed by atoms with E-state index in [1.54, 1.807) is 0 Å². The maximum absolute atomic E-state index is 12.5. The van der Waals surface area contributed by atoms with Gasteiger partial charge in [0.1, 0.15) is 0 Å². The number of carbonyl (C=O) groups excluding carboxylic acids is 1. The van der Waals surface area contributed by atoms with Crippen LogP contribution in [0.4, 0.5) is 0 Å². The number of hydrogen-bond acceptors (Lipinski definition) is 3. The van der Waals surface area contributed by atoms with E-state index in [4.69, 9.17) is 0 Å². The first-order valence-electron chi connectivity index (χ1n) is 29.2. The molecule has 0 rings (SSSR count). The minimum Gasteiger partial charge on any atom is -0.394 e. The van der Waals surface area contributed by atoms with Crippen LogP contribution in [-0.2, 0) is 4.79 Å². The highest BCUT2D eigenvalue weighted by atomic mass is 16.3. The lowest BCUT2D eigenvalue weighted by atomic mass is 10.0. The second-order valence-corrected chi connectivity index (χ2v) is 20.1. The molecule has 0 aliphatic heterocycles. The van der Waals surface area contributed by atoms with Gasteiger partial charge in [-0.05, 0) is 51.4 Å². The van der Waals surface area contributed by atoms with Crippen molar-refractivity contribution in [3.63, 3.8) is 0 Å². The average Bonchev–Trinajstić information content (AvgIpc) is 3.30. The second kappa shape index (κ2) is 55.9. The molecule has 0 spiro atoms. The molecule has 2 atom stereocenters. The molecule has 0 saturated heterocycles. The van der Waals surface area contributed by atoms with E-state index in [0.29, 0.717) is 12.8 Å². The van der Waals surface area contributed by atoms with Gasteiger partial charge in [0.15, 0.2) is 0 Å². The molecule has 64 heavy (non-hydrogen) atoms. The van der Waals surface area contributed by atoms with Crippen molar-refractivity contribution in [2.75, 3.05) is 6.61 Å². The first kappa shape index (κ1) is 62.6. The zero-order chi connectivity index (χ0) is 46.3. The van der Waals surface area contributed by atoms with E-state index in [1.165, 1.54) is 257 Å². The first-order valence-corrected chi connectivity index (χ1v) is 29.2. The van der Waals surface area contributed by atoms with Crippen LogP contribution in [0.25, 0.3) is 0 Å². The van der Waals surface area contributed by atoms with Gasteiger partial charge in [-0.2, -0.15) is 0 Å². The molecule has 4 heteroatoms. The Bertz CT molecular complexity index is 974. The Hall–Kier alpha value is -1.39. The molecule has 3 N–H and O–H groups in total. The number of unbranched alkanes of at least 4 members (excludes halogenated alkanes) is 41. The highest BCUT2D eigenvalue weighted by Crippen LogP contribution is 2.18. The second-order valence-electron chi connectivity index (χ2n) is 20.1. The molecule has 0 aromatic carbocycles. The molecule has 0 aromatic heterocycles. The lowest BCUT2D eigenvalue weighted by molar-refractivity contribution is -0.123. The number of rotatable bonds is 54. The summed E-state index contributed by atoms with van der Waals surface area (Å²) in [5.41, 5.74) is 0. The van der Waals surface area contributed by atoms with E-state index < -0.39 is 12.1 Å². The summed E-state index contributed by atoms with van der Waals surface area (Å²) in [6, 6.07) is -0.540. The first-order chi connectivity index (χ1) is 31.7. The summed E-state index contributed by atoms with van der Waals surface area (Å²) in [6.45, 7) is 4.38. The third-order valence-corrected chi connectivity index (χ3v) is 13.7. The van der Waals surface area contributed by atoms with Gasteiger partial charge in [-0.3, -0.25) is 4.79 Å². The predicted molar refractivity (Wildman–Crippen MR) is 285 cm³/mol. The lowest BCUT2D eigenvalue weighted by Crippen LogP contribution is -2.45. The molecular formula is C60H115NO3. The molecule has 0 aromatic rings. The SMILES string of the molecule is CCCCCCC/C=C\C/C=C\C/C=C\CCCCCCCCCCCCC(=O)NC(CO)C(O)CCCCCCCCCCCCCCCCCCCCCCCCCCCCC. The smallest absolute Gasteiger partial charge is 0.220 e. The van der Waals surface area contributed by atoms with E-state index in [1.807, 2.05) is 0 Å². The van der Waals surface area contributed by atoms with E-state index in [9.17, 15) is 15.0 Å². The van der Waals surface area contributed by atoms with Crippen LogP contribution in [0.2, 0.25) is 0 Å². The Balaban J connectivity index is 3.45. The van der Waals surface area contributed by atoms with Gasteiger partial charge in [0.2, 0.25) is 5.91 Å². The molecule has 1 amide bonds. The van der Waals surface area contributed by atoms with Crippen LogP contribution in [0.15, 0.2) is 36.5 Å². The minimum atomic E-state index is -0.663.